The molecule has 0 unspecified atom stereocenters. The number of rotatable bonds is 0. The lowest BCUT2D eigenvalue weighted by Gasteiger charge is -1.97. The normalized spacial score (nSPS) is 11.5. The van der Waals surface area contributed by atoms with Crippen molar-refractivity contribution in [3.63, 3.8) is 0 Å². The van der Waals surface area contributed by atoms with Gasteiger partial charge in [-0.05, 0) is 18.2 Å². The predicted octanol–water partition coefficient (Wildman–Crippen LogP) is 4.39. The molecule has 0 bridgehead atoms. The van der Waals surface area contributed by atoms with E-state index in [2.05, 4.69) is 63.0 Å². The summed E-state index contributed by atoms with van der Waals surface area (Å²) < 4.78 is 2.24. The monoisotopic (exact) mass is 288 g/mol. The van der Waals surface area contributed by atoms with Crippen molar-refractivity contribution >= 4 is 43.7 Å². The van der Waals surface area contributed by atoms with Crippen molar-refractivity contribution in [2.24, 2.45) is 7.05 Å². The van der Waals surface area contributed by atoms with Gasteiger partial charge in [-0.2, -0.15) is 0 Å². The second-order valence-corrected chi connectivity index (χ2v) is 5.37. The Balaban J connectivity index is 0.00000125. The van der Waals surface area contributed by atoms with Crippen LogP contribution in [-0.4, -0.2) is 19.5 Å². The van der Waals surface area contributed by atoms with Crippen LogP contribution < -0.4 is 0 Å². The smallest absolute Gasteiger partial charge is 0.116 e. The lowest BCUT2D eigenvalue weighted by Crippen LogP contribution is -1.85. The molecule has 3 heterocycles. The van der Waals surface area contributed by atoms with Crippen molar-refractivity contribution < 1.29 is 0 Å². The van der Waals surface area contributed by atoms with E-state index in [9.17, 15) is 0 Å². The van der Waals surface area contributed by atoms with E-state index in [1.165, 1.54) is 21.8 Å². The van der Waals surface area contributed by atoms with Gasteiger partial charge in [0.25, 0.3) is 0 Å². The largest absolute Gasteiger partial charge is 0.351 e. The van der Waals surface area contributed by atoms with Crippen LogP contribution in [0.15, 0.2) is 48.9 Å². The van der Waals surface area contributed by atoms with E-state index in [-0.39, 0.29) is 7.43 Å². The number of nitrogens with zero attached hydrogens (tertiary/aromatic N) is 3. The van der Waals surface area contributed by atoms with Gasteiger partial charge in [-0.15, -0.1) is 0 Å². The van der Waals surface area contributed by atoms with Gasteiger partial charge >= 0.3 is 0 Å². The number of fused-ring (bicyclic) bond motifs is 7. The van der Waals surface area contributed by atoms with Crippen LogP contribution in [0, 0.1) is 0 Å². The van der Waals surface area contributed by atoms with Crippen LogP contribution >= 0.6 is 0 Å². The second kappa shape index (κ2) is 4.31. The highest BCUT2D eigenvalue weighted by Crippen LogP contribution is 2.35. The van der Waals surface area contributed by atoms with Gasteiger partial charge < -0.3 is 9.55 Å². The molecule has 0 aliphatic rings. The van der Waals surface area contributed by atoms with E-state index in [0.29, 0.717) is 0 Å². The summed E-state index contributed by atoms with van der Waals surface area (Å²) in [4.78, 5) is 12.0. The molecule has 0 amide bonds. The lowest BCUT2D eigenvalue weighted by molar-refractivity contribution is 1.01. The van der Waals surface area contributed by atoms with E-state index in [4.69, 9.17) is 0 Å². The SMILES string of the molecule is C.Cn1c2ccccc2c2c3[nH]c4cncnc4c3ccc21. The third-order valence-corrected chi connectivity index (χ3v) is 4.31. The number of H-pyrrole nitrogens is 1. The molecular weight excluding hydrogens is 272 g/mol. The molecule has 0 saturated carbocycles. The second-order valence-electron chi connectivity index (χ2n) is 5.37. The molecule has 4 heteroatoms. The number of nitrogens with one attached hydrogen (secondary N) is 1. The molecule has 0 aliphatic carbocycles. The van der Waals surface area contributed by atoms with E-state index in [0.717, 1.165) is 21.9 Å². The topological polar surface area (TPSA) is 46.5 Å². The highest BCUT2D eigenvalue weighted by atomic mass is 14.9. The fourth-order valence-corrected chi connectivity index (χ4v) is 3.35. The number of para-hydroxylation sites is 1. The third kappa shape index (κ3) is 1.41. The number of hydrogen-bond donors (Lipinski definition) is 1. The van der Waals surface area contributed by atoms with Gasteiger partial charge in [-0.1, -0.05) is 25.6 Å². The van der Waals surface area contributed by atoms with Crippen LogP contribution in [-0.2, 0) is 7.05 Å². The lowest BCUT2D eigenvalue weighted by atomic mass is 10.1. The van der Waals surface area contributed by atoms with Gasteiger partial charge in [0, 0.05) is 28.7 Å². The highest BCUT2D eigenvalue weighted by molar-refractivity contribution is 6.23. The van der Waals surface area contributed by atoms with Crippen LogP contribution in [0.25, 0.3) is 43.7 Å². The molecule has 22 heavy (non-hydrogen) atoms. The van der Waals surface area contributed by atoms with Gasteiger partial charge in [0.1, 0.15) is 6.33 Å². The Morgan fingerprint density at radius 2 is 1.86 bits per heavy atom. The van der Waals surface area contributed by atoms with Crippen LogP contribution in [0.1, 0.15) is 7.43 Å². The van der Waals surface area contributed by atoms with Crippen molar-refractivity contribution in [3.8, 4) is 0 Å². The molecule has 2 aromatic carbocycles. The number of benzene rings is 2. The maximum absolute atomic E-state index is 4.41. The molecule has 0 aliphatic heterocycles. The van der Waals surface area contributed by atoms with Gasteiger partial charge in [0.15, 0.2) is 0 Å². The summed E-state index contributed by atoms with van der Waals surface area (Å²) >= 11 is 0. The fourth-order valence-electron chi connectivity index (χ4n) is 3.35. The first-order valence-electron chi connectivity index (χ1n) is 6.92. The summed E-state index contributed by atoms with van der Waals surface area (Å²) in [7, 11) is 2.11. The Labute approximate surface area is 127 Å². The summed E-state index contributed by atoms with van der Waals surface area (Å²) in [5, 5.41) is 3.67. The third-order valence-electron chi connectivity index (χ3n) is 4.31. The van der Waals surface area contributed by atoms with E-state index in [1.54, 1.807) is 6.33 Å². The minimum absolute atomic E-state index is 0. The van der Waals surface area contributed by atoms with Crippen molar-refractivity contribution in [2.45, 2.75) is 7.43 Å². The number of aromatic nitrogens is 4. The first kappa shape index (κ1) is 12.8. The van der Waals surface area contributed by atoms with Gasteiger partial charge in [0.05, 0.1) is 28.3 Å². The molecule has 0 fully saturated rings. The first-order chi connectivity index (χ1) is 10.3. The summed E-state index contributed by atoms with van der Waals surface area (Å²) in [5.41, 5.74) is 5.57. The minimum atomic E-state index is 0. The van der Waals surface area contributed by atoms with Gasteiger partial charge in [-0.3, -0.25) is 0 Å². The highest BCUT2D eigenvalue weighted by Gasteiger charge is 2.14. The maximum Gasteiger partial charge on any atom is 0.116 e. The molecule has 5 aromatic rings. The zero-order valence-electron chi connectivity index (χ0n) is 11.5. The standard InChI is InChI=1S/C17H12N4.CH4/c1-21-13-5-3-2-4-10(13)15-14(21)7-6-11-16-12(20-17(11)15)8-18-9-19-16;/h2-9,20H,1H3;1H4. The molecule has 1 N–H and O–H groups in total. The molecule has 4 nitrogen and oxygen atoms in total. The minimum Gasteiger partial charge on any atom is -0.351 e. The van der Waals surface area contributed by atoms with Crippen LogP contribution in [0.2, 0.25) is 0 Å². The number of hydrogen-bond acceptors (Lipinski definition) is 2. The van der Waals surface area contributed by atoms with Crippen LogP contribution in [0.3, 0.4) is 0 Å². The Bertz CT molecular complexity index is 1150. The quantitative estimate of drug-likeness (QED) is 0.459. The van der Waals surface area contributed by atoms with Crippen LogP contribution in [0.4, 0.5) is 0 Å². The molecule has 0 radical (unpaired) electrons. The molecule has 0 atom stereocenters. The summed E-state index contributed by atoms with van der Waals surface area (Å²) in [6.45, 7) is 0. The van der Waals surface area contributed by atoms with Crippen molar-refractivity contribution in [2.75, 3.05) is 0 Å². The van der Waals surface area contributed by atoms with Crippen LogP contribution in [0.5, 0.6) is 0 Å². The van der Waals surface area contributed by atoms with Gasteiger partial charge in [0.2, 0.25) is 0 Å². The Morgan fingerprint density at radius 1 is 1.00 bits per heavy atom. The van der Waals surface area contributed by atoms with E-state index >= 15 is 0 Å². The number of aromatic amines is 1. The average molecular weight is 288 g/mol. The summed E-state index contributed by atoms with van der Waals surface area (Å²) in [6, 6.07) is 12.8. The molecule has 0 saturated heterocycles. The average Bonchev–Trinajstić information content (AvgIpc) is 3.04. The molecule has 108 valence electrons. The van der Waals surface area contributed by atoms with Crippen molar-refractivity contribution in [3.05, 3.63) is 48.9 Å². The summed E-state index contributed by atoms with van der Waals surface area (Å²) in [6.07, 6.45) is 3.43. The Kier molecular flexibility index (Phi) is 2.51. The molecular formula is C18H16N4. The van der Waals surface area contributed by atoms with Crippen molar-refractivity contribution in [1.82, 2.24) is 19.5 Å². The Hall–Kier alpha value is -2.88. The maximum atomic E-state index is 4.41. The first-order valence-corrected chi connectivity index (χ1v) is 6.92. The molecule has 3 aromatic heterocycles. The van der Waals surface area contributed by atoms with Gasteiger partial charge in [-0.25, -0.2) is 9.97 Å². The molecule has 5 rings (SSSR count). The Morgan fingerprint density at radius 3 is 2.77 bits per heavy atom. The molecule has 0 spiro atoms. The zero-order valence-corrected chi connectivity index (χ0v) is 11.5. The summed E-state index contributed by atoms with van der Waals surface area (Å²) in [5.74, 6) is 0. The number of aryl methyl sites for hydroxylation is 1. The van der Waals surface area contributed by atoms with E-state index < -0.39 is 0 Å². The fraction of sp³-hybridized carbons (Fsp3) is 0.111. The zero-order chi connectivity index (χ0) is 14.0. The predicted molar refractivity (Wildman–Crippen MR) is 92.1 cm³/mol. The van der Waals surface area contributed by atoms with E-state index in [1.807, 2.05) is 6.20 Å². The van der Waals surface area contributed by atoms with Crippen molar-refractivity contribution in [1.29, 1.82) is 0 Å².